The summed E-state index contributed by atoms with van der Waals surface area (Å²) in [5.74, 6) is 2.72. The molecule has 3 fully saturated rings. The molecule has 2 aromatic rings. The van der Waals surface area contributed by atoms with Gasteiger partial charge in [0.2, 0.25) is 6.79 Å². The smallest absolute Gasteiger partial charge is 0.251 e. The lowest BCUT2D eigenvalue weighted by molar-refractivity contribution is 0.00517. The highest BCUT2D eigenvalue weighted by Crippen LogP contribution is 2.37. The maximum atomic E-state index is 12.6. The van der Waals surface area contributed by atoms with Crippen molar-refractivity contribution in [2.24, 2.45) is 11.8 Å². The number of para-hydroxylation sites is 1. The average molecular weight is 408 g/mol. The fraction of sp³-hybridized carbons (Fsp3) is 0.458. The molecule has 6 rings (SSSR count). The molecule has 0 radical (unpaired) electrons. The highest BCUT2D eigenvalue weighted by molar-refractivity contribution is 5.94. The molecule has 1 N–H and O–H groups in total. The van der Waals surface area contributed by atoms with Gasteiger partial charge < -0.3 is 19.7 Å². The number of carbonyl (C=O) groups is 1. The third-order valence-corrected chi connectivity index (χ3v) is 6.85. The largest absolute Gasteiger partial charge is 0.454 e. The summed E-state index contributed by atoms with van der Waals surface area (Å²) in [6.07, 6.45) is 2.43. The number of benzene rings is 2. The normalized spacial score (nSPS) is 26.4. The van der Waals surface area contributed by atoms with Crippen LogP contribution in [0.15, 0.2) is 48.5 Å². The summed E-state index contributed by atoms with van der Waals surface area (Å²) in [6, 6.07) is 16.4. The standard InChI is InChI=1S/C24H29N3O3/c1-26(20-5-3-2-4-6-20)14-19-15-27-10-9-17(19)11-21(27)13-25-24(28)18-7-8-22-23(12-18)30-16-29-22/h2-8,12,17,19,21H,9-11,13-16H2,1H3,(H,25,28)/t17-,19+,21+/m0/s1. The molecule has 4 aliphatic heterocycles. The molecule has 0 aromatic heterocycles. The number of ether oxygens (including phenoxy) is 2. The molecule has 0 saturated carbocycles. The number of carbonyl (C=O) groups excluding carboxylic acids is 1. The van der Waals surface area contributed by atoms with Gasteiger partial charge in [-0.3, -0.25) is 9.69 Å². The molecule has 6 nitrogen and oxygen atoms in total. The molecular formula is C24H29N3O3. The summed E-state index contributed by atoms with van der Waals surface area (Å²) in [5, 5.41) is 3.14. The summed E-state index contributed by atoms with van der Waals surface area (Å²) < 4.78 is 10.7. The quantitative estimate of drug-likeness (QED) is 0.798. The fourth-order valence-electron chi connectivity index (χ4n) is 5.16. The molecule has 4 atom stereocenters. The van der Waals surface area contributed by atoms with Crippen LogP contribution in [0.3, 0.4) is 0 Å². The molecular weight excluding hydrogens is 378 g/mol. The van der Waals surface area contributed by atoms with Crippen molar-refractivity contribution in [1.82, 2.24) is 10.2 Å². The molecule has 4 aliphatic rings. The number of rotatable bonds is 6. The number of anilines is 1. The zero-order chi connectivity index (χ0) is 20.5. The van der Waals surface area contributed by atoms with Crippen molar-refractivity contribution >= 4 is 11.6 Å². The summed E-state index contributed by atoms with van der Waals surface area (Å²) in [5.41, 5.74) is 1.90. The molecule has 2 aromatic carbocycles. The van der Waals surface area contributed by atoms with Gasteiger partial charge in [0, 0.05) is 44.0 Å². The highest BCUT2D eigenvalue weighted by Gasteiger charge is 2.40. The van der Waals surface area contributed by atoms with E-state index in [0.717, 1.165) is 32.0 Å². The van der Waals surface area contributed by atoms with Crippen molar-refractivity contribution in [3.63, 3.8) is 0 Å². The molecule has 6 heteroatoms. The Morgan fingerprint density at radius 3 is 2.80 bits per heavy atom. The molecule has 4 heterocycles. The van der Waals surface area contributed by atoms with Crippen LogP contribution in [0, 0.1) is 11.8 Å². The van der Waals surface area contributed by atoms with Gasteiger partial charge >= 0.3 is 0 Å². The second-order valence-electron chi connectivity index (χ2n) is 8.69. The number of hydrogen-bond donors (Lipinski definition) is 1. The van der Waals surface area contributed by atoms with Crippen molar-refractivity contribution in [1.29, 1.82) is 0 Å². The third-order valence-electron chi connectivity index (χ3n) is 6.85. The van der Waals surface area contributed by atoms with Crippen LogP contribution >= 0.6 is 0 Å². The number of piperidine rings is 3. The van der Waals surface area contributed by atoms with E-state index in [2.05, 4.69) is 52.5 Å². The van der Waals surface area contributed by atoms with Crippen LogP contribution in [-0.2, 0) is 0 Å². The second kappa shape index (κ2) is 8.19. The van der Waals surface area contributed by atoms with Gasteiger partial charge in [-0.1, -0.05) is 18.2 Å². The molecule has 1 unspecified atom stereocenters. The Bertz CT molecular complexity index is 904. The summed E-state index contributed by atoms with van der Waals surface area (Å²) in [4.78, 5) is 17.6. The molecule has 0 spiro atoms. The highest BCUT2D eigenvalue weighted by atomic mass is 16.7. The van der Waals surface area contributed by atoms with E-state index in [9.17, 15) is 4.79 Å². The van der Waals surface area contributed by atoms with Gasteiger partial charge in [-0.2, -0.15) is 0 Å². The number of nitrogens with one attached hydrogen (secondary N) is 1. The lowest BCUT2D eigenvalue weighted by Crippen LogP contribution is -2.58. The molecule has 1 amide bonds. The van der Waals surface area contributed by atoms with Crippen LogP contribution in [0.4, 0.5) is 5.69 Å². The maximum absolute atomic E-state index is 12.6. The van der Waals surface area contributed by atoms with E-state index in [1.54, 1.807) is 18.2 Å². The van der Waals surface area contributed by atoms with E-state index in [0.29, 0.717) is 35.6 Å². The van der Waals surface area contributed by atoms with E-state index in [1.807, 2.05) is 0 Å². The van der Waals surface area contributed by atoms with E-state index >= 15 is 0 Å². The van der Waals surface area contributed by atoms with Gasteiger partial charge in [-0.15, -0.1) is 0 Å². The van der Waals surface area contributed by atoms with Gasteiger partial charge in [-0.25, -0.2) is 0 Å². The SMILES string of the molecule is CN(C[C@@H]1CN2CC[C@H]1C[C@@H]2CNC(=O)c1ccc2c(c1)OCO2)c1ccccc1. The first kappa shape index (κ1) is 19.2. The Balaban J connectivity index is 1.15. The van der Waals surface area contributed by atoms with Crippen LogP contribution in [0.25, 0.3) is 0 Å². The first-order valence-corrected chi connectivity index (χ1v) is 10.9. The van der Waals surface area contributed by atoms with Gasteiger partial charge in [0.1, 0.15) is 0 Å². The summed E-state index contributed by atoms with van der Waals surface area (Å²) in [6.45, 7) is 4.26. The van der Waals surface area contributed by atoms with Gasteiger partial charge in [0.05, 0.1) is 0 Å². The van der Waals surface area contributed by atoms with Crippen molar-refractivity contribution in [3.05, 3.63) is 54.1 Å². The van der Waals surface area contributed by atoms with Crippen LogP contribution in [0.5, 0.6) is 11.5 Å². The second-order valence-corrected chi connectivity index (χ2v) is 8.69. The Labute approximate surface area is 177 Å². The number of amides is 1. The Hall–Kier alpha value is -2.73. The zero-order valence-electron chi connectivity index (χ0n) is 17.4. The van der Waals surface area contributed by atoms with Crippen molar-refractivity contribution in [2.45, 2.75) is 18.9 Å². The first-order valence-electron chi connectivity index (χ1n) is 10.9. The van der Waals surface area contributed by atoms with Crippen molar-refractivity contribution in [3.8, 4) is 11.5 Å². The maximum Gasteiger partial charge on any atom is 0.251 e. The minimum Gasteiger partial charge on any atom is -0.454 e. The zero-order valence-corrected chi connectivity index (χ0v) is 17.4. The Morgan fingerprint density at radius 2 is 2.00 bits per heavy atom. The fourth-order valence-corrected chi connectivity index (χ4v) is 5.16. The minimum atomic E-state index is -0.0451. The van der Waals surface area contributed by atoms with E-state index < -0.39 is 0 Å². The van der Waals surface area contributed by atoms with Gasteiger partial charge in [0.25, 0.3) is 5.91 Å². The summed E-state index contributed by atoms with van der Waals surface area (Å²) >= 11 is 0. The van der Waals surface area contributed by atoms with E-state index in [1.165, 1.54) is 12.1 Å². The Kier molecular flexibility index (Phi) is 5.25. The van der Waals surface area contributed by atoms with Crippen molar-refractivity contribution < 1.29 is 14.3 Å². The van der Waals surface area contributed by atoms with Crippen LogP contribution in [0.1, 0.15) is 23.2 Å². The van der Waals surface area contributed by atoms with Gasteiger partial charge in [0.15, 0.2) is 11.5 Å². The van der Waals surface area contributed by atoms with E-state index in [-0.39, 0.29) is 12.7 Å². The molecule has 158 valence electrons. The first-order chi connectivity index (χ1) is 14.7. The number of hydrogen-bond acceptors (Lipinski definition) is 5. The molecule has 0 aliphatic carbocycles. The third kappa shape index (κ3) is 3.84. The summed E-state index contributed by atoms with van der Waals surface area (Å²) in [7, 11) is 2.19. The van der Waals surface area contributed by atoms with Gasteiger partial charge in [-0.05, 0) is 61.6 Å². The monoisotopic (exact) mass is 407 g/mol. The molecule has 2 bridgehead atoms. The van der Waals surface area contributed by atoms with E-state index in [4.69, 9.17) is 9.47 Å². The van der Waals surface area contributed by atoms with Crippen LogP contribution < -0.4 is 19.7 Å². The predicted octanol–water partition coefficient (Wildman–Crippen LogP) is 2.99. The minimum absolute atomic E-state index is 0.0451. The Morgan fingerprint density at radius 1 is 1.17 bits per heavy atom. The number of fused-ring (bicyclic) bond motifs is 4. The molecule has 30 heavy (non-hydrogen) atoms. The molecule has 3 saturated heterocycles. The van der Waals surface area contributed by atoms with Crippen molar-refractivity contribution in [2.75, 3.05) is 44.9 Å². The topological polar surface area (TPSA) is 54.0 Å². The number of nitrogens with zero attached hydrogens (tertiary/aromatic N) is 2. The lowest BCUT2D eigenvalue weighted by atomic mass is 9.75. The lowest BCUT2D eigenvalue weighted by Gasteiger charge is -2.50. The van der Waals surface area contributed by atoms with Crippen LogP contribution in [-0.4, -0.2) is 56.9 Å². The predicted molar refractivity (Wildman–Crippen MR) is 116 cm³/mol. The average Bonchev–Trinajstić information content (AvgIpc) is 3.26. The van der Waals surface area contributed by atoms with Crippen LogP contribution in [0.2, 0.25) is 0 Å².